The normalized spacial score (nSPS) is 38.8. The van der Waals surface area contributed by atoms with E-state index in [1.165, 1.54) is 36.1 Å². The van der Waals surface area contributed by atoms with Crippen LogP contribution in [0.5, 0.6) is 5.75 Å². The molecule has 6 aliphatic rings. The van der Waals surface area contributed by atoms with Gasteiger partial charge in [-0.2, -0.15) is 0 Å². The molecule has 5 heteroatoms. The largest absolute Gasteiger partial charge is 0.508 e. The van der Waals surface area contributed by atoms with Gasteiger partial charge in [0.2, 0.25) is 0 Å². The lowest BCUT2D eigenvalue weighted by Gasteiger charge is -2.64. The smallest absolute Gasteiger partial charge is 0.254 e. The minimum atomic E-state index is -0.189. The number of hydrogen-bond acceptors (Lipinski definition) is 4. The second-order valence-electron chi connectivity index (χ2n) is 12.2. The molecule has 5 nitrogen and oxygen atoms in total. The minimum absolute atomic E-state index is 0.0774. The highest BCUT2D eigenvalue weighted by atomic mass is 16.5. The van der Waals surface area contributed by atoms with E-state index in [0.29, 0.717) is 24.3 Å². The zero-order valence-corrected chi connectivity index (χ0v) is 20.5. The fourth-order valence-corrected chi connectivity index (χ4v) is 9.12. The fourth-order valence-electron chi connectivity index (χ4n) is 9.12. The summed E-state index contributed by atoms with van der Waals surface area (Å²) in [6, 6.07) is 14.7. The van der Waals surface area contributed by atoms with E-state index in [4.69, 9.17) is 4.74 Å². The molecule has 0 radical (unpaired) electrons. The average Bonchev–Trinajstić information content (AvgIpc) is 3.54. The van der Waals surface area contributed by atoms with Gasteiger partial charge >= 0.3 is 0 Å². The number of likely N-dealkylation sites (tertiary alicyclic amines) is 2. The summed E-state index contributed by atoms with van der Waals surface area (Å²) in [5.74, 6) is 1.67. The third-order valence-electron chi connectivity index (χ3n) is 10.6. The molecule has 8 rings (SSSR count). The molecule has 6 atom stereocenters. The molecule has 1 amide bonds. The number of rotatable bonds is 3. The summed E-state index contributed by atoms with van der Waals surface area (Å²) in [6.07, 6.45) is 6.92. The quantitative estimate of drug-likeness (QED) is 0.735. The number of piperidine rings is 1. The zero-order chi connectivity index (χ0) is 23.5. The van der Waals surface area contributed by atoms with Crippen LogP contribution < -0.4 is 0 Å². The standard InChI is InChI=1S/C30H34N2O3/c1-18-2-6-20(7-3-18)28(34)32-17-25-27-24(32)10-11-30(35-25)26-14-21-8-9-22(33)15-23(21)29(27,30)12-13-31(26)16-19-4-5-19/h2-3,6-9,15,19,24-27,33H,4-5,10-14,16-17H2,1H3/t24?,25-,26?,27?,29?,30?/m1/s1. The maximum atomic E-state index is 13.7. The lowest BCUT2D eigenvalue weighted by Crippen LogP contribution is -2.74. The van der Waals surface area contributed by atoms with Gasteiger partial charge in [-0.1, -0.05) is 23.8 Å². The summed E-state index contributed by atoms with van der Waals surface area (Å²) in [5, 5.41) is 10.6. The first-order chi connectivity index (χ1) is 17.0. The van der Waals surface area contributed by atoms with E-state index in [2.05, 4.69) is 28.9 Å². The highest BCUT2D eigenvalue weighted by molar-refractivity contribution is 5.95. The molecule has 3 heterocycles. The predicted octanol–water partition coefficient (Wildman–Crippen LogP) is 4.05. The van der Waals surface area contributed by atoms with Crippen molar-refractivity contribution < 1.29 is 14.6 Å². The van der Waals surface area contributed by atoms with Crippen molar-refractivity contribution in [1.29, 1.82) is 0 Å². The van der Waals surface area contributed by atoms with Gasteiger partial charge in [0, 0.05) is 42.1 Å². The van der Waals surface area contributed by atoms with Gasteiger partial charge < -0.3 is 14.7 Å². The predicted molar refractivity (Wildman–Crippen MR) is 133 cm³/mol. The molecule has 4 bridgehead atoms. The monoisotopic (exact) mass is 470 g/mol. The van der Waals surface area contributed by atoms with Crippen molar-refractivity contribution in [3.05, 3.63) is 64.7 Å². The summed E-state index contributed by atoms with van der Waals surface area (Å²) in [5.41, 5.74) is 4.36. The van der Waals surface area contributed by atoms with E-state index in [-0.39, 0.29) is 29.1 Å². The van der Waals surface area contributed by atoms with Crippen molar-refractivity contribution in [2.24, 2.45) is 11.8 Å². The molecule has 5 fully saturated rings. The summed E-state index contributed by atoms with van der Waals surface area (Å²) in [7, 11) is 0. The van der Waals surface area contributed by atoms with E-state index < -0.39 is 0 Å². The van der Waals surface area contributed by atoms with E-state index in [0.717, 1.165) is 43.7 Å². The number of phenolic OH excluding ortho intramolecular Hbond substituents is 1. The summed E-state index contributed by atoms with van der Waals surface area (Å²) < 4.78 is 7.27. The van der Waals surface area contributed by atoms with Crippen LogP contribution in [-0.4, -0.2) is 64.2 Å². The first-order valence-electron chi connectivity index (χ1n) is 13.6. The Balaban J connectivity index is 1.23. The second kappa shape index (κ2) is 6.89. The van der Waals surface area contributed by atoms with Crippen LogP contribution in [0.3, 0.4) is 0 Å². The third-order valence-corrected chi connectivity index (χ3v) is 10.6. The van der Waals surface area contributed by atoms with Crippen LogP contribution in [0.15, 0.2) is 42.5 Å². The Morgan fingerprint density at radius 2 is 1.94 bits per heavy atom. The lowest BCUT2D eigenvalue weighted by atomic mass is 9.46. The summed E-state index contributed by atoms with van der Waals surface area (Å²) in [6.45, 7) is 5.05. The Kier molecular flexibility index (Phi) is 4.09. The first-order valence-corrected chi connectivity index (χ1v) is 13.6. The van der Waals surface area contributed by atoms with Crippen molar-refractivity contribution in [3.8, 4) is 5.75 Å². The van der Waals surface area contributed by atoms with Gasteiger partial charge in [0.25, 0.3) is 5.91 Å². The van der Waals surface area contributed by atoms with E-state index in [9.17, 15) is 9.90 Å². The molecule has 182 valence electrons. The lowest BCUT2D eigenvalue weighted by molar-refractivity contribution is -0.171. The highest BCUT2D eigenvalue weighted by Crippen LogP contribution is 2.69. The number of benzene rings is 2. The number of phenols is 1. The number of nitrogens with zero attached hydrogens (tertiary/aromatic N) is 2. The van der Waals surface area contributed by atoms with E-state index in [1.54, 1.807) is 0 Å². The number of aryl methyl sites for hydroxylation is 1. The first kappa shape index (κ1) is 20.8. The second-order valence-corrected chi connectivity index (χ2v) is 12.2. The molecule has 3 saturated heterocycles. The van der Waals surface area contributed by atoms with Gasteiger partial charge in [-0.15, -0.1) is 0 Å². The summed E-state index contributed by atoms with van der Waals surface area (Å²) >= 11 is 0. The van der Waals surface area contributed by atoms with Crippen LogP contribution >= 0.6 is 0 Å². The fraction of sp³-hybridized carbons (Fsp3) is 0.567. The van der Waals surface area contributed by atoms with Crippen LogP contribution in [0, 0.1) is 18.8 Å². The Bertz CT molecular complexity index is 1220. The van der Waals surface area contributed by atoms with Crippen LogP contribution in [0.1, 0.15) is 59.2 Å². The Morgan fingerprint density at radius 1 is 1.11 bits per heavy atom. The number of amides is 1. The van der Waals surface area contributed by atoms with Crippen LogP contribution in [-0.2, 0) is 16.6 Å². The van der Waals surface area contributed by atoms with Gasteiger partial charge in [0.15, 0.2) is 0 Å². The maximum Gasteiger partial charge on any atom is 0.254 e. The topological polar surface area (TPSA) is 53.0 Å². The zero-order valence-electron chi connectivity index (χ0n) is 20.5. The molecule has 3 aliphatic carbocycles. The van der Waals surface area contributed by atoms with Crippen LogP contribution in [0.2, 0.25) is 0 Å². The maximum absolute atomic E-state index is 13.7. The number of aromatic hydroxyl groups is 1. The Hall–Kier alpha value is -2.37. The van der Waals surface area contributed by atoms with Gasteiger partial charge in [0.05, 0.1) is 11.7 Å². The average molecular weight is 471 g/mol. The minimum Gasteiger partial charge on any atom is -0.508 e. The van der Waals surface area contributed by atoms with Crippen molar-refractivity contribution in [2.45, 2.75) is 74.7 Å². The van der Waals surface area contributed by atoms with Crippen LogP contribution in [0.4, 0.5) is 0 Å². The number of fused-ring (bicyclic) bond motifs is 1. The molecule has 5 unspecified atom stereocenters. The SMILES string of the molecule is Cc1ccc(C(=O)N2C[C@H]3OC45CCC2C3C42CCN(CC3CC3)C5Cc3ccc(O)cc32)cc1. The molecule has 2 aromatic rings. The van der Waals surface area contributed by atoms with E-state index in [1.807, 2.05) is 30.3 Å². The van der Waals surface area contributed by atoms with Gasteiger partial charge in [-0.3, -0.25) is 9.69 Å². The van der Waals surface area contributed by atoms with Crippen molar-refractivity contribution >= 4 is 5.91 Å². The Labute approximate surface area is 207 Å². The van der Waals surface area contributed by atoms with Crippen LogP contribution in [0.25, 0.3) is 0 Å². The van der Waals surface area contributed by atoms with Crippen molar-refractivity contribution in [1.82, 2.24) is 9.80 Å². The Morgan fingerprint density at radius 3 is 2.74 bits per heavy atom. The summed E-state index contributed by atoms with van der Waals surface area (Å²) in [4.78, 5) is 18.6. The molecule has 35 heavy (non-hydrogen) atoms. The van der Waals surface area contributed by atoms with E-state index >= 15 is 0 Å². The highest BCUT2D eigenvalue weighted by Gasteiger charge is 2.78. The molecule has 3 aliphatic heterocycles. The van der Waals surface area contributed by atoms with Gasteiger partial charge in [-0.25, -0.2) is 0 Å². The van der Waals surface area contributed by atoms with Gasteiger partial charge in [0.1, 0.15) is 5.75 Å². The molecule has 2 aromatic carbocycles. The molecular weight excluding hydrogens is 436 g/mol. The molecule has 0 spiro atoms. The number of carbonyl (C=O) groups is 1. The third kappa shape index (κ3) is 2.59. The van der Waals surface area contributed by atoms with Crippen molar-refractivity contribution in [3.63, 3.8) is 0 Å². The van der Waals surface area contributed by atoms with Gasteiger partial charge in [-0.05, 0) is 93.3 Å². The molecule has 0 aromatic heterocycles. The number of ether oxygens (including phenoxy) is 1. The number of hydrogen-bond donors (Lipinski definition) is 1. The number of carbonyl (C=O) groups excluding carboxylic acids is 1. The van der Waals surface area contributed by atoms with Crippen molar-refractivity contribution in [2.75, 3.05) is 19.6 Å². The molecule has 2 saturated carbocycles. The molecule has 1 N–H and O–H groups in total. The molecular formula is C30H34N2O3.